The molecule has 6 nitrogen and oxygen atoms in total. The lowest BCUT2D eigenvalue weighted by Gasteiger charge is -2.18. The molecule has 0 aromatic carbocycles. The van der Waals surface area contributed by atoms with Gasteiger partial charge in [-0.3, -0.25) is 14.4 Å². The first-order chi connectivity index (χ1) is 28.0. The first-order valence-corrected chi connectivity index (χ1v) is 25.2. The summed E-state index contributed by atoms with van der Waals surface area (Å²) < 4.78 is 16.7. The van der Waals surface area contributed by atoms with Gasteiger partial charge in [0.05, 0.1) is 0 Å². The second-order valence-corrected chi connectivity index (χ2v) is 17.1. The van der Waals surface area contributed by atoms with Gasteiger partial charge in [-0.15, -0.1) is 0 Å². The molecule has 0 amide bonds. The lowest BCUT2D eigenvalue weighted by atomic mass is 10.0. The van der Waals surface area contributed by atoms with Gasteiger partial charge in [0.1, 0.15) is 13.2 Å². The summed E-state index contributed by atoms with van der Waals surface area (Å²) in [5.41, 5.74) is 0. The number of hydrogen-bond acceptors (Lipinski definition) is 6. The van der Waals surface area contributed by atoms with E-state index in [2.05, 4.69) is 32.9 Å². The molecule has 0 spiro atoms. The molecule has 57 heavy (non-hydrogen) atoms. The first kappa shape index (κ1) is 55.2. The molecule has 0 saturated carbocycles. The van der Waals surface area contributed by atoms with Crippen LogP contribution in [0.25, 0.3) is 0 Å². The molecule has 1 unspecified atom stereocenters. The van der Waals surface area contributed by atoms with Crippen LogP contribution in [0, 0.1) is 0 Å². The molecule has 0 N–H and O–H groups in total. The summed E-state index contributed by atoms with van der Waals surface area (Å²) in [4.78, 5) is 37.7. The van der Waals surface area contributed by atoms with Crippen molar-refractivity contribution < 1.29 is 28.6 Å². The highest BCUT2D eigenvalue weighted by atomic mass is 16.6. The number of unbranched alkanes of at least 4 members (excludes halogenated alkanes) is 33. The number of carbonyl (C=O) groups excluding carboxylic acids is 3. The van der Waals surface area contributed by atoms with Gasteiger partial charge >= 0.3 is 17.9 Å². The van der Waals surface area contributed by atoms with E-state index in [9.17, 15) is 14.4 Å². The van der Waals surface area contributed by atoms with Crippen LogP contribution in [-0.4, -0.2) is 37.2 Å². The van der Waals surface area contributed by atoms with Crippen molar-refractivity contribution in [3.8, 4) is 0 Å². The van der Waals surface area contributed by atoms with Crippen molar-refractivity contribution >= 4 is 17.9 Å². The fourth-order valence-corrected chi connectivity index (χ4v) is 7.45. The number of esters is 3. The van der Waals surface area contributed by atoms with Gasteiger partial charge < -0.3 is 14.2 Å². The van der Waals surface area contributed by atoms with Crippen molar-refractivity contribution in [3.63, 3.8) is 0 Å². The normalized spacial score (nSPS) is 12.0. The summed E-state index contributed by atoms with van der Waals surface area (Å²) in [5, 5.41) is 0. The Labute approximate surface area is 354 Å². The third kappa shape index (κ3) is 45.1. The third-order valence-corrected chi connectivity index (χ3v) is 11.3. The van der Waals surface area contributed by atoms with E-state index >= 15 is 0 Å². The SMILES string of the molecule is CCC/C=C\CCCCCCCC(=O)OC(COC(=O)CCCCCCCCCCC)COC(=O)CCCCCCCCCCCCCCCCCCCCCC. The van der Waals surface area contributed by atoms with Gasteiger partial charge in [0.25, 0.3) is 0 Å². The molecule has 0 aromatic rings. The average molecular weight is 805 g/mol. The Hall–Kier alpha value is -1.85. The average Bonchev–Trinajstić information content (AvgIpc) is 3.21. The lowest BCUT2D eigenvalue weighted by molar-refractivity contribution is -0.167. The van der Waals surface area contributed by atoms with Gasteiger partial charge in [0.2, 0.25) is 0 Å². The second-order valence-electron chi connectivity index (χ2n) is 17.1. The molecule has 0 radical (unpaired) electrons. The maximum absolute atomic E-state index is 12.7. The van der Waals surface area contributed by atoms with Crippen LogP contribution in [0.1, 0.15) is 278 Å². The summed E-state index contributed by atoms with van der Waals surface area (Å²) in [6.45, 7) is 6.58. The van der Waals surface area contributed by atoms with Gasteiger partial charge in [0, 0.05) is 19.3 Å². The molecule has 0 rings (SSSR count). The smallest absolute Gasteiger partial charge is 0.306 e. The fraction of sp³-hybridized carbons (Fsp3) is 0.902. The Bertz CT molecular complexity index is 885. The third-order valence-electron chi connectivity index (χ3n) is 11.3. The number of hydrogen-bond donors (Lipinski definition) is 0. The standard InChI is InChI=1S/C51H96O6/c1-4-7-10-13-16-19-21-22-23-24-25-26-27-28-29-30-33-35-38-41-44-50(53)56-47-48(46-55-49(52)43-40-37-34-31-18-15-12-9-6-3)57-51(54)45-42-39-36-32-20-17-14-11-8-5-2/h11,14,48H,4-10,12-13,15-47H2,1-3H3/b14-11-. The topological polar surface area (TPSA) is 78.9 Å². The molecular weight excluding hydrogens is 709 g/mol. The summed E-state index contributed by atoms with van der Waals surface area (Å²) in [5.74, 6) is -0.870. The number of ether oxygens (including phenoxy) is 3. The van der Waals surface area contributed by atoms with Crippen molar-refractivity contribution in [2.75, 3.05) is 13.2 Å². The number of allylic oxidation sites excluding steroid dienone is 2. The molecule has 0 aliphatic heterocycles. The summed E-state index contributed by atoms with van der Waals surface area (Å²) in [6, 6.07) is 0. The highest BCUT2D eigenvalue weighted by Gasteiger charge is 2.19. The maximum Gasteiger partial charge on any atom is 0.306 e. The van der Waals surface area contributed by atoms with Crippen LogP contribution in [0.4, 0.5) is 0 Å². The Kier molecular flexibility index (Phi) is 45.3. The molecule has 0 aliphatic rings. The van der Waals surface area contributed by atoms with Crippen LogP contribution < -0.4 is 0 Å². The maximum atomic E-state index is 12.7. The number of rotatable bonds is 46. The van der Waals surface area contributed by atoms with Gasteiger partial charge in [-0.05, 0) is 38.5 Å². The molecule has 336 valence electrons. The van der Waals surface area contributed by atoms with Crippen molar-refractivity contribution in [2.45, 2.75) is 284 Å². The minimum Gasteiger partial charge on any atom is -0.462 e. The van der Waals surface area contributed by atoms with Gasteiger partial charge in [-0.25, -0.2) is 0 Å². The van der Waals surface area contributed by atoms with E-state index in [0.717, 1.165) is 70.6 Å². The predicted octanol–water partition coefficient (Wildman–Crippen LogP) is 16.2. The minimum absolute atomic E-state index is 0.0688. The van der Waals surface area contributed by atoms with E-state index in [0.29, 0.717) is 19.3 Å². The van der Waals surface area contributed by atoms with Crippen LogP contribution in [-0.2, 0) is 28.6 Å². The molecule has 0 bridgehead atoms. The zero-order valence-electron chi connectivity index (χ0n) is 38.4. The monoisotopic (exact) mass is 805 g/mol. The largest absolute Gasteiger partial charge is 0.462 e. The molecule has 6 heteroatoms. The van der Waals surface area contributed by atoms with Crippen molar-refractivity contribution in [1.82, 2.24) is 0 Å². The molecule has 1 atom stereocenters. The van der Waals surface area contributed by atoms with Gasteiger partial charge in [0.15, 0.2) is 6.10 Å². The Morgan fingerprint density at radius 2 is 0.614 bits per heavy atom. The fourth-order valence-electron chi connectivity index (χ4n) is 7.45. The zero-order chi connectivity index (χ0) is 41.5. The van der Waals surface area contributed by atoms with E-state index in [-0.39, 0.29) is 31.1 Å². The Balaban J connectivity index is 4.17. The van der Waals surface area contributed by atoms with E-state index in [4.69, 9.17) is 14.2 Å². The first-order valence-electron chi connectivity index (χ1n) is 25.2. The van der Waals surface area contributed by atoms with Crippen LogP contribution in [0.2, 0.25) is 0 Å². The van der Waals surface area contributed by atoms with Gasteiger partial charge in [-0.2, -0.15) is 0 Å². The summed E-state index contributed by atoms with van der Waals surface area (Å²) in [7, 11) is 0. The molecule has 0 saturated heterocycles. The second kappa shape index (κ2) is 46.8. The minimum atomic E-state index is -0.765. The van der Waals surface area contributed by atoms with Crippen molar-refractivity contribution in [2.24, 2.45) is 0 Å². The molecule has 0 heterocycles. The van der Waals surface area contributed by atoms with E-state index < -0.39 is 6.10 Å². The summed E-state index contributed by atoms with van der Waals surface area (Å²) >= 11 is 0. The molecule has 0 fully saturated rings. The van der Waals surface area contributed by atoms with Crippen molar-refractivity contribution in [1.29, 1.82) is 0 Å². The highest BCUT2D eigenvalue weighted by Crippen LogP contribution is 2.16. The van der Waals surface area contributed by atoms with Crippen LogP contribution in [0.3, 0.4) is 0 Å². The Morgan fingerprint density at radius 3 is 0.947 bits per heavy atom. The predicted molar refractivity (Wildman–Crippen MR) is 243 cm³/mol. The molecular formula is C51H96O6. The van der Waals surface area contributed by atoms with Crippen molar-refractivity contribution in [3.05, 3.63) is 12.2 Å². The van der Waals surface area contributed by atoms with Gasteiger partial charge in [-0.1, -0.05) is 232 Å². The Morgan fingerprint density at radius 1 is 0.333 bits per heavy atom. The molecule has 0 aromatic heterocycles. The lowest BCUT2D eigenvalue weighted by Crippen LogP contribution is -2.30. The van der Waals surface area contributed by atoms with Crippen LogP contribution in [0.15, 0.2) is 12.2 Å². The van der Waals surface area contributed by atoms with Crippen LogP contribution >= 0.6 is 0 Å². The number of carbonyl (C=O) groups is 3. The van der Waals surface area contributed by atoms with E-state index in [1.807, 2.05) is 0 Å². The van der Waals surface area contributed by atoms with E-state index in [1.54, 1.807) is 0 Å². The van der Waals surface area contributed by atoms with Crippen LogP contribution in [0.5, 0.6) is 0 Å². The van der Waals surface area contributed by atoms with E-state index in [1.165, 1.54) is 167 Å². The quantitative estimate of drug-likeness (QED) is 0.0264. The molecule has 0 aliphatic carbocycles. The highest BCUT2D eigenvalue weighted by molar-refractivity contribution is 5.71. The zero-order valence-corrected chi connectivity index (χ0v) is 38.4. The summed E-state index contributed by atoms with van der Waals surface area (Å²) in [6.07, 6.45) is 50.7.